The first-order valence-electron chi connectivity index (χ1n) is 22.4. The second-order valence-corrected chi connectivity index (χ2v) is 16.1. The Hall–Kier alpha value is -7.71. The van der Waals surface area contributed by atoms with E-state index in [0.29, 0.717) is 66.8 Å². The van der Waals surface area contributed by atoms with E-state index in [9.17, 15) is 43.1 Å². The van der Waals surface area contributed by atoms with Crippen LogP contribution in [0.4, 0.5) is 4.39 Å². The molecule has 0 unspecified atom stereocenters. The van der Waals surface area contributed by atoms with E-state index >= 15 is 0 Å². The first-order chi connectivity index (χ1) is 34.2. The predicted molar refractivity (Wildman–Crippen MR) is 262 cm³/mol. The van der Waals surface area contributed by atoms with Crippen LogP contribution in [0.25, 0.3) is 0 Å². The van der Waals surface area contributed by atoms with Crippen LogP contribution in [0.5, 0.6) is 23.0 Å². The number of fused-ring (bicyclic) bond motifs is 4. The van der Waals surface area contributed by atoms with Gasteiger partial charge in [-0.3, -0.25) is 33.6 Å². The molecule has 4 aliphatic heterocycles. The number of rotatable bonds is 12. The van der Waals surface area contributed by atoms with E-state index in [0.717, 1.165) is 58.7 Å². The van der Waals surface area contributed by atoms with E-state index in [1.54, 1.807) is 56.7 Å². The lowest BCUT2D eigenvalue weighted by Crippen LogP contribution is -2.41. The molecule has 8 rings (SSSR count). The maximum atomic E-state index is 12.5. The highest BCUT2D eigenvalue weighted by atomic mass is 35.5. The number of benzene rings is 4. The Kier molecular flexibility index (Phi) is 21.8. The Morgan fingerprint density at radius 1 is 0.597 bits per heavy atom. The normalized spacial score (nSPS) is 14.2. The molecule has 4 amide bonds. The number of nitrogens with two attached hydrogens (primary N) is 1. The third-order valence-corrected chi connectivity index (χ3v) is 11.7. The molecule has 4 aliphatic rings. The van der Waals surface area contributed by atoms with Crippen molar-refractivity contribution in [3.63, 3.8) is 0 Å². The highest BCUT2D eigenvalue weighted by molar-refractivity contribution is 6.00. The van der Waals surface area contributed by atoms with Crippen molar-refractivity contribution in [2.45, 2.75) is 25.7 Å². The number of carbonyl (C=O) groups is 7. The van der Waals surface area contributed by atoms with E-state index in [2.05, 4.69) is 19.5 Å². The molecule has 0 atom stereocenters. The van der Waals surface area contributed by atoms with Gasteiger partial charge in [0.25, 0.3) is 23.6 Å². The summed E-state index contributed by atoms with van der Waals surface area (Å²) in [7, 11) is 7.12. The summed E-state index contributed by atoms with van der Waals surface area (Å²) in [5.74, 6) is 0.439. The van der Waals surface area contributed by atoms with Crippen molar-refractivity contribution in [2.75, 3.05) is 94.5 Å². The Balaban J connectivity index is 0.000000211. The average molecular weight is 1020 g/mol. The summed E-state index contributed by atoms with van der Waals surface area (Å²) in [4.78, 5) is 85.9. The summed E-state index contributed by atoms with van der Waals surface area (Å²) < 4.78 is 41.8. The Bertz CT molecular complexity index is 2650. The highest BCUT2D eigenvalue weighted by Crippen LogP contribution is 2.27. The minimum atomic E-state index is -0.450. The van der Waals surface area contributed by atoms with Gasteiger partial charge in [0, 0.05) is 60.6 Å². The van der Waals surface area contributed by atoms with Crippen molar-refractivity contribution in [3.8, 4) is 23.0 Å². The molecule has 0 aromatic heterocycles. The van der Waals surface area contributed by atoms with Crippen LogP contribution in [0.2, 0.25) is 0 Å². The van der Waals surface area contributed by atoms with Crippen LogP contribution >= 0.6 is 12.4 Å². The zero-order valence-electron chi connectivity index (χ0n) is 40.7. The smallest absolute Gasteiger partial charge is 0.325 e. The Morgan fingerprint density at radius 3 is 1.40 bits per heavy atom. The molecule has 386 valence electrons. The van der Waals surface area contributed by atoms with E-state index in [4.69, 9.17) is 19.9 Å². The molecule has 4 aromatic rings. The summed E-state index contributed by atoms with van der Waals surface area (Å²) >= 11 is 0. The fourth-order valence-electron chi connectivity index (χ4n) is 7.72. The molecule has 0 radical (unpaired) electrons. The predicted octanol–water partition coefficient (Wildman–Crippen LogP) is 3.88. The number of hydrogen-bond acceptors (Lipinski definition) is 15. The molecule has 0 saturated heterocycles. The number of carbonyl (C=O) groups excluding carboxylic acids is 7. The van der Waals surface area contributed by atoms with Crippen LogP contribution < -0.4 is 25.3 Å². The maximum absolute atomic E-state index is 12.5. The standard InChI is InChI=1S/C16H19FN2O4.C13H15NO4.C12H13NO4.C10H11NO2.ClH/c1-22-15(20)9-19-5-4-12-6-13(2-3-14(12)16(19)21)23-10-11(7-17)8-18;1-17-10-3-4-11-9(7-10)5-6-14(13(11)16)8-12(15)18-2;1-17-11(15)7-13-5-4-8-6-9(14)2-3-10(8)12(13)16;1-13-8-2-3-9-7(6-8)4-5-11-10(9)12;/h2-3,6-7H,4-5,8-10,18H2,1H3;3-4,7H,5-6,8H2,1-2H3;2-3,6,14H,4-5,7H2,1H3;2-3,6H,4-5H2,1H3,(H,11,12);1H/b11-7+;;;;. The van der Waals surface area contributed by atoms with Gasteiger partial charge in [0.15, 0.2) is 0 Å². The van der Waals surface area contributed by atoms with Crippen molar-refractivity contribution in [2.24, 2.45) is 5.73 Å². The maximum Gasteiger partial charge on any atom is 0.325 e. The van der Waals surface area contributed by atoms with Gasteiger partial charge < -0.3 is 59.3 Å². The number of nitrogens with zero attached hydrogens (tertiary/aromatic N) is 3. The van der Waals surface area contributed by atoms with E-state index < -0.39 is 17.9 Å². The molecule has 4 N–H and O–H groups in total. The van der Waals surface area contributed by atoms with Crippen LogP contribution in [-0.4, -0.2) is 156 Å². The minimum absolute atomic E-state index is 0. The van der Waals surface area contributed by atoms with E-state index in [-0.39, 0.29) is 74.6 Å². The summed E-state index contributed by atoms with van der Waals surface area (Å²) in [6.07, 6.45) is 3.28. The summed E-state index contributed by atoms with van der Waals surface area (Å²) in [5, 5.41) is 12.1. The minimum Gasteiger partial charge on any atom is -0.508 e. The zero-order valence-corrected chi connectivity index (χ0v) is 41.5. The number of nitrogens with one attached hydrogen (secondary N) is 1. The Labute approximate surface area is 422 Å². The third kappa shape index (κ3) is 15.1. The monoisotopic (exact) mass is 1020 g/mol. The molecule has 0 saturated carbocycles. The third-order valence-electron chi connectivity index (χ3n) is 11.7. The molecular weight excluding hydrogens is 961 g/mol. The summed E-state index contributed by atoms with van der Waals surface area (Å²) in [6, 6.07) is 20.6. The quantitative estimate of drug-likeness (QED) is 0.135. The fraction of sp³-hybridized carbons (Fsp3) is 0.353. The van der Waals surface area contributed by atoms with Crippen molar-refractivity contribution in [1.82, 2.24) is 20.0 Å². The first kappa shape index (κ1) is 56.9. The molecular formula is C51H59ClFN5O14. The fourth-order valence-corrected chi connectivity index (χ4v) is 7.72. The van der Waals surface area contributed by atoms with Crippen molar-refractivity contribution in [3.05, 3.63) is 129 Å². The number of aromatic hydroxyl groups is 1. The molecule has 4 aromatic carbocycles. The molecule has 0 spiro atoms. The average Bonchev–Trinajstić information content (AvgIpc) is 3.39. The number of ether oxygens (including phenoxy) is 6. The topological polar surface area (TPSA) is 243 Å². The highest BCUT2D eigenvalue weighted by Gasteiger charge is 2.29. The first-order valence-corrected chi connectivity index (χ1v) is 22.4. The van der Waals surface area contributed by atoms with Crippen LogP contribution in [0, 0.1) is 0 Å². The molecule has 4 heterocycles. The van der Waals surface area contributed by atoms with Crippen molar-refractivity contribution < 1.29 is 71.5 Å². The number of halogens is 2. The number of amides is 4. The molecule has 72 heavy (non-hydrogen) atoms. The van der Waals surface area contributed by atoms with Crippen molar-refractivity contribution >= 4 is 53.9 Å². The second-order valence-electron chi connectivity index (χ2n) is 16.1. The van der Waals surface area contributed by atoms with Crippen LogP contribution in [0.1, 0.15) is 63.7 Å². The SMILES string of the molecule is COC(=O)CN1CCc2cc(O)ccc2C1=O.COC(=O)CN1CCc2cc(OC)ccc2C1=O.COC(=O)CN1CCc2cc(OC/C(=C/F)CN)ccc2C1=O.COc1ccc2c(c1)CCNC2=O.Cl. The molecule has 0 bridgehead atoms. The van der Waals surface area contributed by atoms with Gasteiger partial charge in [-0.2, -0.15) is 0 Å². The van der Waals surface area contributed by atoms with Crippen LogP contribution in [-0.2, 0) is 54.3 Å². The number of esters is 3. The lowest BCUT2D eigenvalue weighted by molar-refractivity contribution is -0.142. The number of phenolic OH excluding ortho intramolecular Hbond substituents is 1. The van der Waals surface area contributed by atoms with E-state index in [1.807, 2.05) is 24.3 Å². The number of phenols is 1. The van der Waals surface area contributed by atoms with Gasteiger partial charge >= 0.3 is 17.9 Å². The summed E-state index contributed by atoms with van der Waals surface area (Å²) in [6.45, 7) is 2.20. The van der Waals surface area contributed by atoms with Gasteiger partial charge in [-0.1, -0.05) is 0 Å². The molecule has 0 fully saturated rings. The van der Waals surface area contributed by atoms with Crippen LogP contribution in [0.3, 0.4) is 0 Å². The number of methoxy groups -OCH3 is 5. The van der Waals surface area contributed by atoms with Gasteiger partial charge in [-0.05, 0) is 121 Å². The Morgan fingerprint density at radius 2 is 0.986 bits per heavy atom. The zero-order chi connectivity index (χ0) is 51.6. The van der Waals surface area contributed by atoms with Gasteiger partial charge in [0.1, 0.15) is 49.2 Å². The molecule has 21 heteroatoms. The largest absolute Gasteiger partial charge is 0.508 e. The van der Waals surface area contributed by atoms with Gasteiger partial charge in [0.05, 0.1) is 41.9 Å². The van der Waals surface area contributed by atoms with Gasteiger partial charge in [-0.25, -0.2) is 4.39 Å². The van der Waals surface area contributed by atoms with Gasteiger partial charge in [-0.15, -0.1) is 12.4 Å². The van der Waals surface area contributed by atoms with Crippen molar-refractivity contribution in [1.29, 1.82) is 0 Å². The second kappa shape index (κ2) is 27.6. The summed E-state index contributed by atoms with van der Waals surface area (Å²) in [5.41, 5.74) is 11.9. The number of hydrogen-bond donors (Lipinski definition) is 3. The molecule has 19 nitrogen and oxygen atoms in total. The van der Waals surface area contributed by atoms with Crippen LogP contribution in [0.15, 0.2) is 84.7 Å². The lowest BCUT2D eigenvalue weighted by atomic mass is 9.98. The lowest BCUT2D eigenvalue weighted by Gasteiger charge is -2.27. The molecule has 0 aliphatic carbocycles. The van der Waals surface area contributed by atoms with E-state index in [1.165, 1.54) is 42.1 Å². The van der Waals surface area contributed by atoms with Gasteiger partial charge in [0.2, 0.25) is 0 Å².